The van der Waals surface area contributed by atoms with E-state index in [0.717, 1.165) is 19.3 Å². The summed E-state index contributed by atoms with van der Waals surface area (Å²) < 4.78 is 22.7. The maximum absolute atomic E-state index is 14.8. The summed E-state index contributed by atoms with van der Waals surface area (Å²) in [5, 5.41) is 0.105. The van der Waals surface area contributed by atoms with Crippen molar-refractivity contribution in [1.82, 2.24) is 9.55 Å². The Balaban J connectivity index is 2.17. The van der Waals surface area contributed by atoms with Crippen LogP contribution in [0.15, 0.2) is 4.99 Å². The molecule has 0 N–H and O–H groups in total. The largest absolute Gasteiger partial charge is 0.411 e. The van der Waals surface area contributed by atoms with Crippen molar-refractivity contribution in [3.63, 3.8) is 0 Å². The van der Waals surface area contributed by atoms with Gasteiger partial charge in [-0.15, -0.1) is 0 Å². The predicted molar refractivity (Wildman–Crippen MR) is 95.2 cm³/mol. The smallest absolute Gasteiger partial charge is 0.219 e. The summed E-state index contributed by atoms with van der Waals surface area (Å²) in [6, 6.07) is 0.0871. The minimum absolute atomic E-state index is 0.0871. The van der Waals surface area contributed by atoms with E-state index < -0.39 is 8.32 Å². The first-order valence-corrected chi connectivity index (χ1v) is 11.5. The molecule has 6 heteroatoms. The molecule has 23 heavy (non-hydrogen) atoms. The van der Waals surface area contributed by atoms with Gasteiger partial charge in [-0.1, -0.05) is 40.5 Å². The van der Waals surface area contributed by atoms with Crippen molar-refractivity contribution >= 4 is 14.5 Å². The van der Waals surface area contributed by atoms with Crippen LogP contribution in [0.2, 0.25) is 18.1 Å². The number of hydrogen-bond acceptors (Lipinski definition) is 3. The van der Waals surface area contributed by atoms with E-state index in [1.807, 2.05) is 0 Å². The Hall–Kier alpha value is -1.01. The molecule has 1 aliphatic heterocycles. The van der Waals surface area contributed by atoms with Gasteiger partial charge >= 0.3 is 0 Å². The normalized spacial score (nSPS) is 18.3. The van der Waals surface area contributed by atoms with Crippen LogP contribution in [0.25, 0.3) is 0 Å². The number of hydrogen-bond donors (Lipinski definition) is 0. The van der Waals surface area contributed by atoms with Crippen molar-refractivity contribution in [3.05, 3.63) is 17.5 Å². The lowest BCUT2D eigenvalue weighted by Crippen LogP contribution is -2.40. The lowest BCUT2D eigenvalue weighted by molar-refractivity contribution is 0.264. The van der Waals surface area contributed by atoms with Gasteiger partial charge in [0.1, 0.15) is 5.69 Å². The molecule has 130 valence electrons. The molecule has 4 nitrogen and oxygen atoms in total. The summed E-state index contributed by atoms with van der Waals surface area (Å²) in [7, 11) is -1.91. The first-order valence-electron chi connectivity index (χ1n) is 8.57. The molecule has 0 saturated heterocycles. The Morgan fingerprint density at radius 3 is 2.70 bits per heavy atom. The topological polar surface area (TPSA) is 39.4 Å². The van der Waals surface area contributed by atoms with Crippen molar-refractivity contribution in [3.8, 4) is 0 Å². The van der Waals surface area contributed by atoms with Crippen LogP contribution >= 0.6 is 0 Å². The van der Waals surface area contributed by atoms with E-state index in [1.54, 1.807) is 10.8 Å². The van der Waals surface area contributed by atoms with Gasteiger partial charge in [0.15, 0.2) is 14.1 Å². The average Bonchev–Trinajstić information content (AvgIpc) is 2.79. The Kier molecular flexibility index (Phi) is 5.46. The fourth-order valence-corrected chi connectivity index (χ4v) is 3.40. The fourth-order valence-electron chi connectivity index (χ4n) is 2.47. The SMILES string of the molecule is CCCCC1CN=Cc2nc(CO[Si](C)(C)C(C)(C)C)c(F)n21. The number of aromatic nitrogens is 2. The molecule has 0 aliphatic carbocycles. The molecule has 1 aliphatic rings. The zero-order valence-electron chi connectivity index (χ0n) is 15.3. The Morgan fingerprint density at radius 2 is 2.09 bits per heavy atom. The second kappa shape index (κ2) is 6.85. The van der Waals surface area contributed by atoms with Crippen molar-refractivity contribution in [2.45, 2.75) is 77.7 Å². The van der Waals surface area contributed by atoms with E-state index in [0.29, 0.717) is 18.1 Å². The second-order valence-electron chi connectivity index (χ2n) is 7.92. The highest BCUT2D eigenvalue weighted by Gasteiger charge is 2.37. The van der Waals surface area contributed by atoms with Gasteiger partial charge < -0.3 is 4.43 Å². The summed E-state index contributed by atoms with van der Waals surface area (Å²) in [6.07, 6.45) is 4.80. The van der Waals surface area contributed by atoms with Crippen LogP contribution in [0.1, 0.15) is 64.5 Å². The maximum atomic E-state index is 14.8. The van der Waals surface area contributed by atoms with E-state index in [4.69, 9.17) is 4.43 Å². The predicted octanol–water partition coefficient (Wildman–Crippen LogP) is 4.71. The Morgan fingerprint density at radius 1 is 1.39 bits per heavy atom. The third kappa shape index (κ3) is 3.91. The fraction of sp³-hybridized carbons (Fsp3) is 0.765. The summed E-state index contributed by atoms with van der Waals surface area (Å²) in [5.74, 6) is 0.384. The minimum Gasteiger partial charge on any atom is -0.411 e. The van der Waals surface area contributed by atoms with Crippen LogP contribution < -0.4 is 0 Å². The maximum Gasteiger partial charge on any atom is 0.219 e. The van der Waals surface area contributed by atoms with Gasteiger partial charge in [-0.2, -0.15) is 4.39 Å². The van der Waals surface area contributed by atoms with E-state index >= 15 is 0 Å². The molecule has 1 aromatic rings. The first-order chi connectivity index (χ1) is 10.7. The van der Waals surface area contributed by atoms with Crippen LogP contribution in [0.4, 0.5) is 4.39 Å². The van der Waals surface area contributed by atoms with E-state index in [1.165, 1.54) is 0 Å². The molecule has 0 spiro atoms. The molecule has 0 amide bonds. The molecule has 0 fully saturated rings. The van der Waals surface area contributed by atoms with Gasteiger partial charge in [-0.25, -0.2) is 4.98 Å². The van der Waals surface area contributed by atoms with Crippen molar-refractivity contribution in [2.24, 2.45) is 4.99 Å². The summed E-state index contributed by atoms with van der Waals surface area (Å²) in [6.45, 7) is 13.9. The Labute approximate surface area is 140 Å². The molecular formula is C17H30FN3OSi. The summed E-state index contributed by atoms with van der Waals surface area (Å²) in [5.41, 5.74) is 0.416. The van der Waals surface area contributed by atoms with Crippen LogP contribution in [0.3, 0.4) is 0 Å². The molecule has 2 heterocycles. The molecular weight excluding hydrogens is 309 g/mol. The number of unbranched alkanes of at least 4 members (excludes halogenated alkanes) is 1. The number of fused-ring (bicyclic) bond motifs is 1. The summed E-state index contributed by atoms with van der Waals surface area (Å²) in [4.78, 5) is 8.78. The van der Waals surface area contributed by atoms with Crippen molar-refractivity contribution in [2.75, 3.05) is 6.54 Å². The molecule has 0 saturated carbocycles. The third-order valence-electron chi connectivity index (χ3n) is 5.10. The van der Waals surface area contributed by atoms with Crippen LogP contribution in [-0.4, -0.2) is 30.6 Å². The van der Waals surface area contributed by atoms with Gasteiger partial charge in [0.25, 0.3) is 0 Å². The number of aliphatic imine (C=N–C) groups is 1. The minimum atomic E-state index is -1.91. The lowest BCUT2D eigenvalue weighted by atomic mass is 10.1. The monoisotopic (exact) mass is 339 g/mol. The molecule has 2 rings (SSSR count). The number of halogens is 1. The third-order valence-corrected chi connectivity index (χ3v) is 9.58. The quantitative estimate of drug-likeness (QED) is 0.704. The van der Waals surface area contributed by atoms with Crippen molar-refractivity contribution in [1.29, 1.82) is 0 Å². The molecule has 1 atom stereocenters. The molecule has 0 aromatic carbocycles. The van der Waals surface area contributed by atoms with E-state index in [2.05, 4.69) is 50.8 Å². The second-order valence-corrected chi connectivity index (χ2v) is 12.7. The number of nitrogens with zero attached hydrogens (tertiary/aromatic N) is 3. The number of rotatable bonds is 6. The highest BCUT2D eigenvalue weighted by atomic mass is 28.4. The molecule has 1 aromatic heterocycles. The molecule has 0 radical (unpaired) electrons. The van der Waals surface area contributed by atoms with Crippen LogP contribution in [0.5, 0.6) is 0 Å². The van der Waals surface area contributed by atoms with E-state index in [9.17, 15) is 4.39 Å². The standard InChI is InChI=1S/C17H30FN3OSi/c1-7-8-9-13-10-19-11-15-20-14(16(18)21(13)15)12-22-23(5,6)17(2,3)4/h11,13H,7-10,12H2,1-6H3. The lowest BCUT2D eigenvalue weighted by Gasteiger charge is -2.35. The summed E-state index contributed by atoms with van der Waals surface area (Å²) >= 11 is 0. The van der Waals surface area contributed by atoms with Gasteiger partial charge in [0.05, 0.1) is 25.4 Å². The Bertz CT molecular complexity index is 575. The number of imidazole rings is 1. The van der Waals surface area contributed by atoms with Gasteiger partial charge in [0.2, 0.25) is 5.95 Å². The van der Waals surface area contributed by atoms with Crippen molar-refractivity contribution < 1.29 is 8.82 Å². The van der Waals surface area contributed by atoms with Crippen LogP contribution in [0, 0.1) is 5.95 Å². The van der Waals surface area contributed by atoms with Gasteiger partial charge in [-0.3, -0.25) is 9.56 Å². The average molecular weight is 340 g/mol. The van der Waals surface area contributed by atoms with Gasteiger partial charge in [-0.05, 0) is 24.6 Å². The molecule has 0 bridgehead atoms. The van der Waals surface area contributed by atoms with E-state index in [-0.39, 0.29) is 23.6 Å². The zero-order valence-corrected chi connectivity index (χ0v) is 16.3. The molecule has 1 unspecified atom stereocenters. The first kappa shape index (κ1) is 18.3. The highest BCUT2D eigenvalue weighted by molar-refractivity contribution is 6.74. The zero-order chi connectivity index (χ0) is 17.3. The van der Waals surface area contributed by atoms with Gasteiger partial charge in [0, 0.05) is 0 Å². The highest BCUT2D eigenvalue weighted by Crippen LogP contribution is 2.37. The van der Waals surface area contributed by atoms with Crippen LogP contribution in [-0.2, 0) is 11.0 Å².